The lowest BCUT2D eigenvalue weighted by Crippen LogP contribution is -2.17. The standard InChI is InChI=1S/C25H30N2O4S2/c1-15-12-18(4)24(19(5)13-15)27-32(28,29)23-10-8-22(9-11-23)26-33(30,31)25-20(6)16(2)14-17(3)21(25)7/h8-14,26-27H,1-7H3. The maximum absolute atomic E-state index is 13.1. The molecule has 0 radical (unpaired) electrons. The van der Waals surface area contributed by atoms with E-state index < -0.39 is 20.0 Å². The molecule has 0 bridgehead atoms. The molecule has 0 saturated carbocycles. The molecule has 0 amide bonds. The molecular weight excluding hydrogens is 456 g/mol. The lowest BCUT2D eigenvalue weighted by atomic mass is 10.0. The van der Waals surface area contributed by atoms with Crippen LogP contribution in [0.1, 0.15) is 38.9 Å². The summed E-state index contributed by atoms with van der Waals surface area (Å²) in [6.45, 7) is 13.0. The smallest absolute Gasteiger partial charge is 0.262 e. The second-order valence-corrected chi connectivity index (χ2v) is 11.9. The van der Waals surface area contributed by atoms with E-state index in [4.69, 9.17) is 0 Å². The highest BCUT2D eigenvalue weighted by molar-refractivity contribution is 7.93. The van der Waals surface area contributed by atoms with E-state index in [2.05, 4.69) is 9.44 Å². The van der Waals surface area contributed by atoms with Crippen LogP contribution in [0.3, 0.4) is 0 Å². The normalized spacial score (nSPS) is 12.0. The van der Waals surface area contributed by atoms with Gasteiger partial charge in [0.2, 0.25) is 0 Å². The number of aryl methyl sites for hydroxylation is 5. The molecule has 3 rings (SSSR count). The molecule has 2 N–H and O–H groups in total. The molecule has 0 aliphatic carbocycles. The number of hydrogen-bond donors (Lipinski definition) is 2. The Bertz CT molecular complexity index is 1390. The Morgan fingerprint density at radius 2 is 1.06 bits per heavy atom. The molecule has 0 aliphatic rings. The zero-order chi connectivity index (χ0) is 24.7. The first-order valence-electron chi connectivity index (χ1n) is 10.5. The van der Waals surface area contributed by atoms with E-state index in [-0.39, 0.29) is 15.5 Å². The minimum Gasteiger partial charge on any atom is -0.280 e. The van der Waals surface area contributed by atoms with Crippen LogP contribution >= 0.6 is 0 Å². The fourth-order valence-corrected chi connectivity index (χ4v) is 6.91. The summed E-state index contributed by atoms with van der Waals surface area (Å²) in [4.78, 5) is 0.298. The number of rotatable bonds is 6. The predicted molar refractivity (Wildman–Crippen MR) is 134 cm³/mol. The average molecular weight is 487 g/mol. The maximum atomic E-state index is 13.1. The van der Waals surface area contributed by atoms with Crippen molar-refractivity contribution in [2.24, 2.45) is 0 Å². The number of sulfonamides is 2. The maximum Gasteiger partial charge on any atom is 0.262 e. The van der Waals surface area contributed by atoms with E-state index in [1.807, 2.05) is 52.8 Å². The summed E-state index contributed by atoms with van der Waals surface area (Å²) in [6, 6.07) is 11.5. The van der Waals surface area contributed by atoms with Crippen LogP contribution in [-0.4, -0.2) is 16.8 Å². The molecule has 6 nitrogen and oxygen atoms in total. The average Bonchev–Trinajstić information content (AvgIpc) is 2.69. The number of nitrogens with one attached hydrogen (secondary N) is 2. The Labute approximate surface area is 197 Å². The molecule has 3 aromatic rings. The van der Waals surface area contributed by atoms with E-state index in [0.29, 0.717) is 16.8 Å². The van der Waals surface area contributed by atoms with Gasteiger partial charge in [-0.3, -0.25) is 9.44 Å². The Kier molecular flexibility index (Phi) is 6.64. The summed E-state index contributed by atoms with van der Waals surface area (Å²) in [5.74, 6) is 0. The zero-order valence-electron chi connectivity index (χ0n) is 20.0. The molecule has 8 heteroatoms. The van der Waals surface area contributed by atoms with Crippen molar-refractivity contribution >= 4 is 31.4 Å². The monoisotopic (exact) mass is 486 g/mol. The minimum absolute atomic E-state index is 0.0450. The summed E-state index contributed by atoms with van der Waals surface area (Å²) >= 11 is 0. The van der Waals surface area contributed by atoms with Crippen molar-refractivity contribution in [3.63, 3.8) is 0 Å². The van der Waals surface area contributed by atoms with Gasteiger partial charge >= 0.3 is 0 Å². The molecule has 0 unspecified atom stereocenters. The van der Waals surface area contributed by atoms with Gasteiger partial charge in [0.05, 0.1) is 15.5 Å². The Hall–Kier alpha value is -2.84. The third-order valence-corrected chi connectivity index (χ3v) is 8.92. The highest BCUT2D eigenvalue weighted by Crippen LogP contribution is 2.29. The summed E-state index contributed by atoms with van der Waals surface area (Å²) in [5, 5.41) is 0. The third kappa shape index (κ3) is 5.07. The zero-order valence-corrected chi connectivity index (χ0v) is 21.6. The third-order valence-electron chi connectivity index (χ3n) is 5.90. The lowest BCUT2D eigenvalue weighted by molar-refractivity contribution is 0.599. The quantitative estimate of drug-likeness (QED) is 0.485. The molecule has 0 aliphatic heterocycles. The van der Waals surface area contributed by atoms with E-state index >= 15 is 0 Å². The van der Waals surface area contributed by atoms with Gasteiger partial charge in [-0.05, 0) is 106 Å². The van der Waals surface area contributed by atoms with Crippen LogP contribution in [0, 0.1) is 48.5 Å². The molecule has 0 heterocycles. The van der Waals surface area contributed by atoms with Gasteiger partial charge in [0, 0.05) is 5.69 Å². The molecule has 0 atom stereocenters. The first-order chi connectivity index (χ1) is 15.2. The van der Waals surface area contributed by atoms with Crippen LogP contribution in [0.5, 0.6) is 0 Å². The second kappa shape index (κ2) is 8.83. The first kappa shape index (κ1) is 24.8. The van der Waals surface area contributed by atoms with Crippen LogP contribution in [0.25, 0.3) is 0 Å². The highest BCUT2D eigenvalue weighted by Gasteiger charge is 2.23. The minimum atomic E-state index is -3.85. The molecule has 33 heavy (non-hydrogen) atoms. The van der Waals surface area contributed by atoms with Gasteiger partial charge in [-0.25, -0.2) is 16.8 Å². The SMILES string of the molecule is Cc1cc(C)c(NS(=O)(=O)c2ccc(NS(=O)(=O)c3c(C)c(C)cc(C)c3C)cc2)c(C)c1. The van der Waals surface area contributed by atoms with E-state index in [0.717, 1.165) is 27.8 Å². The van der Waals surface area contributed by atoms with Crippen molar-refractivity contribution in [1.82, 2.24) is 0 Å². The van der Waals surface area contributed by atoms with Crippen molar-refractivity contribution in [2.45, 2.75) is 58.3 Å². The highest BCUT2D eigenvalue weighted by atomic mass is 32.2. The number of hydrogen-bond acceptors (Lipinski definition) is 4. The molecular formula is C25H30N2O4S2. The fraction of sp³-hybridized carbons (Fsp3) is 0.280. The van der Waals surface area contributed by atoms with Crippen molar-refractivity contribution < 1.29 is 16.8 Å². The molecule has 0 fully saturated rings. The summed E-state index contributed by atoms with van der Waals surface area (Å²) < 4.78 is 57.3. The number of anilines is 2. The summed E-state index contributed by atoms with van der Waals surface area (Å²) in [7, 11) is -7.68. The second-order valence-electron chi connectivity index (χ2n) is 8.60. The molecule has 0 saturated heterocycles. The Balaban J connectivity index is 1.90. The van der Waals surface area contributed by atoms with E-state index in [1.54, 1.807) is 13.8 Å². The van der Waals surface area contributed by atoms with Crippen LogP contribution < -0.4 is 9.44 Å². The van der Waals surface area contributed by atoms with Gasteiger partial charge in [-0.2, -0.15) is 0 Å². The van der Waals surface area contributed by atoms with Crippen molar-refractivity contribution in [1.29, 1.82) is 0 Å². The molecule has 3 aromatic carbocycles. The van der Waals surface area contributed by atoms with E-state index in [9.17, 15) is 16.8 Å². The Morgan fingerprint density at radius 3 is 1.55 bits per heavy atom. The predicted octanol–water partition coefficient (Wildman–Crippen LogP) is 5.45. The van der Waals surface area contributed by atoms with Gasteiger partial charge in [-0.1, -0.05) is 23.8 Å². The molecule has 176 valence electrons. The van der Waals surface area contributed by atoms with Gasteiger partial charge in [-0.15, -0.1) is 0 Å². The van der Waals surface area contributed by atoms with Crippen molar-refractivity contribution in [3.05, 3.63) is 81.4 Å². The van der Waals surface area contributed by atoms with Gasteiger partial charge in [0.25, 0.3) is 20.0 Å². The van der Waals surface area contributed by atoms with Gasteiger partial charge in [0.15, 0.2) is 0 Å². The van der Waals surface area contributed by atoms with Gasteiger partial charge in [0.1, 0.15) is 0 Å². The summed E-state index contributed by atoms with van der Waals surface area (Å²) in [6.07, 6.45) is 0. The van der Waals surface area contributed by atoms with Crippen LogP contribution in [0.15, 0.2) is 52.3 Å². The molecule has 0 spiro atoms. The lowest BCUT2D eigenvalue weighted by Gasteiger charge is -2.17. The van der Waals surface area contributed by atoms with Crippen molar-refractivity contribution in [2.75, 3.05) is 9.44 Å². The summed E-state index contributed by atoms with van der Waals surface area (Å²) in [5.41, 5.74) is 6.73. The van der Waals surface area contributed by atoms with E-state index in [1.165, 1.54) is 24.3 Å². The Morgan fingerprint density at radius 1 is 0.576 bits per heavy atom. The fourth-order valence-electron chi connectivity index (χ4n) is 4.03. The topological polar surface area (TPSA) is 92.3 Å². The first-order valence-corrected chi connectivity index (χ1v) is 13.5. The van der Waals surface area contributed by atoms with Crippen LogP contribution in [-0.2, 0) is 20.0 Å². The van der Waals surface area contributed by atoms with Gasteiger partial charge < -0.3 is 0 Å². The number of benzene rings is 3. The van der Waals surface area contributed by atoms with Crippen molar-refractivity contribution in [3.8, 4) is 0 Å². The van der Waals surface area contributed by atoms with Crippen LogP contribution in [0.2, 0.25) is 0 Å². The molecule has 0 aromatic heterocycles. The largest absolute Gasteiger partial charge is 0.280 e. The van der Waals surface area contributed by atoms with Crippen LogP contribution in [0.4, 0.5) is 11.4 Å².